The number of hydrogen-bond acceptors (Lipinski definition) is 8. The van der Waals surface area contributed by atoms with E-state index in [2.05, 4.69) is 26.0 Å². The molecule has 1 saturated heterocycles. The van der Waals surface area contributed by atoms with Gasteiger partial charge in [0, 0.05) is 50.5 Å². The molecule has 8 nitrogen and oxygen atoms in total. The molecule has 5 rings (SSSR count). The highest BCUT2D eigenvalue weighted by molar-refractivity contribution is 7.89. The first-order valence-electron chi connectivity index (χ1n) is 12.9. The van der Waals surface area contributed by atoms with Gasteiger partial charge in [0.1, 0.15) is 10.8 Å². The van der Waals surface area contributed by atoms with E-state index in [0.29, 0.717) is 18.0 Å². The highest BCUT2D eigenvalue weighted by Crippen LogP contribution is 2.41. The molecule has 0 amide bonds. The van der Waals surface area contributed by atoms with Gasteiger partial charge in [0.2, 0.25) is 10.0 Å². The zero-order valence-corrected chi connectivity index (χ0v) is 23.0. The number of piperazine rings is 1. The third-order valence-electron chi connectivity index (χ3n) is 6.87. The van der Waals surface area contributed by atoms with E-state index < -0.39 is 10.0 Å². The molecule has 0 saturated carbocycles. The maximum Gasteiger partial charge on any atom is 0.213 e. The highest BCUT2D eigenvalue weighted by Gasteiger charge is 2.29. The van der Waals surface area contributed by atoms with Crippen molar-refractivity contribution in [3.63, 3.8) is 0 Å². The summed E-state index contributed by atoms with van der Waals surface area (Å²) in [5, 5.41) is 4.19. The molecule has 0 spiro atoms. The molecule has 4 N–H and O–H groups in total. The number of ether oxygens (including phenoxy) is 1. The maximum absolute atomic E-state index is 12.9. The topological polar surface area (TPSA) is 110 Å². The second kappa shape index (κ2) is 11.1. The summed E-state index contributed by atoms with van der Waals surface area (Å²) in [7, 11) is -3.38. The standard InChI is InChI=1S/C27H35N5O3S2/c1-18(2)35-25-9-6-19(16-23(25)28)27-30-17-26(36-27)22-5-3-4-21-20(22)7-8-24(21)31-37(33,34)15-14-32-12-10-29-11-13-32/h3-6,9,16-18,24,29,31H,7-8,10-15,28H2,1-2H3/t24-/m0/s1. The predicted octanol–water partition coefficient (Wildman–Crippen LogP) is 3.66. The minimum Gasteiger partial charge on any atom is -0.489 e. The minimum absolute atomic E-state index is 0.0558. The number of nitrogen functional groups attached to an aromatic ring is 1. The Balaban J connectivity index is 1.30. The summed E-state index contributed by atoms with van der Waals surface area (Å²) in [5.74, 6) is 0.804. The van der Waals surface area contributed by atoms with Crippen molar-refractivity contribution in [3.05, 3.63) is 53.7 Å². The molecule has 2 heterocycles. The van der Waals surface area contributed by atoms with E-state index in [1.807, 2.05) is 50.4 Å². The molecule has 1 aromatic heterocycles. The smallest absolute Gasteiger partial charge is 0.213 e. The fraction of sp³-hybridized carbons (Fsp3) is 0.444. The van der Waals surface area contributed by atoms with Crippen LogP contribution in [0.5, 0.6) is 5.75 Å². The summed E-state index contributed by atoms with van der Waals surface area (Å²) < 4.78 is 34.5. The molecule has 1 atom stereocenters. The first kappa shape index (κ1) is 26.1. The highest BCUT2D eigenvalue weighted by atomic mass is 32.2. The number of sulfonamides is 1. The Labute approximate surface area is 223 Å². The minimum atomic E-state index is -3.38. The quantitative estimate of drug-likeness (QED) is 0.355. The van der Waals surface area contributed by atoms with E-state index in [1.54, 1.807) is 11.3 Å². The predicted molar refractivity (Wildman–Crippen MR) is 150 cm³/mol. The Hall–Kier alpha value is -2.50. The van der Waals surface area contributed by atoms with Crippen molar-refractivity contribution in [2.45, 2.75) is 38.8 Å². The summed E-state index contributed by atoms with van der Waals surface area (Å²) in [6.07, 6.45) is 3.55. The van der Waals surface area contributed by atoms with Crippen LogP contribution in [0.15, 0.2) is 42.6 Å². The Bertz CT molecular complexity index is 1350. The Kier molecular flexibility index (Phi) is 7.83. The van der Waals surface area contributed by atoms with Gasteiger partial charge in [-0.25, -0.2) is 18.1 Å². The largest absolute Gasteiger partial charge is 0.489 e. The first-order chi connectivity index (χ1) is 17.8. The summed E-state index contributed by atoms with van der Waals surface area (Å²) in [5.41, 5.74) is 11.2. The fourth-order valence-corrected chi connectivity index (χ4v) is 7.30. The van der Waals surface area contributed by atoms with Gasteiger partial charge in [-0.1, -0.05) is 18.2 Å². The van der Waals surface area contributed by atoms with Gasteiger partial charge in [-0.2, -0.15) is 0 Å². The lowest BCUT2D eigenvalue weighted by Crippen LogP contribution is -2.46. The molecule has 1 aliphatic heterocycles. The number of nitrogens with one attached hydrogen (secondary N) is 2. The molecule has 1 aliphatic carbocycles. The van der Waals surface area contributed by atoms with Gasteiger partial charge < -0.3 is 15.8 Å². The van der Waals surface area contributed by atoms with Gasteiger partial charge in [-0.05, 0) is 61.6 Å². The molecule has 10 heteroatoms. The molecule has 1 fully saturated rings. The zero-order valence-electron chi connectivity index (χ0n) is 21.4. The van der Waals surface area contributed by atoms with Crippen LogP contribution >= 0.6 is 11.3 Å². The molecular formula is C27H35N5O3S2. The van der Waals surface area contributed by atoms with Crippen LogP contribution in [0.4, 0.5) is 5.69 Å². The lowest BCUT2D eigenvalue weighted by Gasteiger charge is -2.27. The van der Waals surface area contributed by atoms with E-state index in [1.165, 1.54) is 5.56 Å². The molecule has 0 bridgehead atoms. The summed E-state index contributed by atoms with van der Waals surface area (Å²) in [6.45, 7) is 8.13. The number of rotatable bonds is 9. The van der Waals surface area contributed by atoms with Gasteiger partial charge in [-0.15, -0.1) is 11.3 Å². The van der Waals surface area contributed by atoms with Gasteiger partial charge >= 0.3 is 0 Å². The molecule has 3 aromatic rings. The van der Waals surface area contributed by atoms with Gasteiger partial charge in [0.15, 0.2) is 0 Å². The van der Waals surface area contributed by atoms with E-state index in [-0.39, 0.29) is 17.9 Å². The van der Waals surface area contributed by atoms with Gasteiger partial charge in [-0.3, -0.25) is 4.90 Å². The van der Waals surface area contributed by atoms with Crippen LogP contribution in [0, 0.1) is 0 Å². The molecular weight excluding hydrogens is 506 g/mol. The van der Waals surface area contributed by atoms with E-state index in [4.69, 9.17) is 10.5 Å². The number of anilines is 1. The molecule has 0 radical (unpaired) electrons. The number of nitrogens with two attached hydrogens (primary N) is 1. The van der Waals surface area contributed by atoms with Crippen LogP contribution in [-0.4, -0.2) is 62.9 Å². The number of nitrogens with zero attached hydrogens (tertiary/aromatic N) is 2. The average Bonchev–Trinajstić information content (AvgIpc) is 3.52. The fourth-order valence-electron chi connectivity index (χ4n) is 5.04. The molecule has 2 aliphatic rings. The summed E-state index contributed by atoms with van der Waals surface area (Å²) >= 11 is 1.62. The van der Waals surface area contributed by atoms with Crippen LogP contribution in [0.3, 0.4) is 0 Å². The summed E-state index contributed by atoms with van der Waals surface area (Å²) in [6, 6.07) is 11.8. The van der Waals surface area contributed by atoms with Crippen LogP contribution < -0.4 is 20.5 Å². The third-order valence-corrected chi connectivity index (χ3v) is 9.31. The van der Waals surface area contributed by atoms with Crippen molar-refractivity contribution in [3.8, 4) is 26.8 Å². The van der Waals surface area contributed by atoms with Crippen molar-refractivity contribution in [2.75, 3.05) is 44.2 Å². The molecule has 198 valence electrons. The average molecular weight is 542 g/mol. The molecule has 2 aromatic carbocycles. The Morgan fingerprint density at radius 2 is 2.05 bits per heavy atom. The lowest BCUT2D eigenvalue weighted by molar-refractivity contribution is 0.244. The zero-order chi connectivity index (χ0) is 26.0. The summed E-state index contributed by atoms with van der Waals surface area (Å²) in [4.78, 5) is 7.94. The second-order valence-electron chi connectivity index (χ2n) is 9.94. The molecule has 0 unspecified atom stereocenters. The lowest BCUT2D eigenvalue weighted by atomic mass is 10.0. The van der Waals surface area contributed by atoms with Gasteiger partial charge in [0.05, 0.1) is 22.4 Å². The van der Waals surface area contributed by atoms with E-state index in [9.17, 15) is 8.42 Å². The van der Waals surface area contributed by atoms with Crippen molar-refractivity contribution in [1.29, 1.82) is 0 Å². The van der Waals surface area contributed by atoms with Gasteiger partial charge in [0.25, 0.3) is 0 Å². The van der Waals surface area contributed by atoms with Crippen molar-refractivity contribution >= 4 is 27.0 Å². The van der Waals surface area contributed by atoms with E-state index >= 15 is 0 Å². The normalized spacial score (nSPS) is 18.3. The van der Waals surface area contributed by atoms with Crippen LogP contribution in [0.25, 0.3) is 21.0 Å². The van der Waals surface area contributed by atoms with Crippen LogP contribution in [-0.2, 0) is 16.4 Å². The van der Waals surface area contributed by atoms with Crippen molar-refractivity contribution in [2.24, 2.45) is 0 Å². The second-order valence-corrected chi connectivity index (χ2v) is 12.8. The van der Waals surface area contributed by atoms with Crippen LogP contribution in [0.1, 0.15) is 37.4 Å². The van der Waals surface area contributed by atoms with Crippen molar-refractivity contribution in [1.82, 2.24) is 19.9 Å². The number of aromatic nitrogens is 1. The number of benzene rings is 2. The third kappa shape index (κ3) is 6.15. The number of hydrogen-bond donors (Lipinski definition) is 3. The Morgan fingerprint density at radius 1 is 1.24 bits per heavy atom. The van der Waals surface area contributed by atoms with E-state index in [0.717, 1.165) is 65.6 Å². The first-order valence-corrected chi connectivity index (χ1v) is 15.3. The van der Waals surface area contributed by atoms with Crippen LogP contribution in [0.2, 0.25) is 0 Å². The Morgan fingerprint density at radius 3 is 2.81 bits per heavy atom. The number of fused-ring (bicyclic) bond motifs is 1. The SMILES string of the molecule is CC(C)Oc1ccc(-c2ncc(-c3cccc4c3CC[C@@H]4NS(=O)(=O)CCN3CCNCC3)s2)cc1N. The maximum atomic E-state index is 12.9. The number of thiazole rings is 1. The monoisotopic (exact) mass is 541 g/mol. The van der Waals surface area contributed by atoms with Crippen molar-refractivity contribution < 1.29 is 13.2 Å². The molecule has 37 heavy (non-hydrogen) atoms.